The molecule has 3 fully saturated rings. The number of nitrogens with one attached hydrogen (secondary N) is 1. The lowest BCUT2D eigenvalue weighted by Gasteiger charge is -2.33. The summed E-state index contributed by atoms with van der Waals surface area (Å²) in [5.74, 6) is 0.822. The average Bonchev–Trinajstić information content (AvgIpc) is 2.93. The summed E-state index contributed by atoms with van der Waals surface area (Å²) in [6, 6.07) is 10.7. The number of alkyl carbamates (subject to hydrolysis) is 1. The Labute approximate surface area is 160 Å². The molecule has 6 heteroatoms. The fraction of sp³-hybridized carbons (Fsp3) is 0.619. The second-order valence-electron chi connectivity index (χ2n) is 8.12. The van der Waals surface area contributed by atoms with E-state index in [0.717, 1.165) is 51.7 Å². The third-order valence-electron chi connectivity index (χ3n) is 6.33. The predicted molar refractivity (Wildman–Crippen MR) is 103 cm³/mol. The monoisotopic (exact) mass is 371 g/mol. The van der Waals surface area contributed by atoms with Crippen LogP contribution in [0.15, 0.2) is 30.3 Å². The van der Waals surface area contributed by atoms with Gasteiger partial charge >= 0.3 is 6.09 Å². The summed E-state index contributed by atoms with van der Waals surface area (Å²) in [7, 11) is 0. The molecule has 1 aromatic rings. The Morgan fingerprint density at radius 3 is 2.59 bits per heavy atom. The van der Waals surface area contributed by atoms with Crippen molar-refractivity contribution in [3.8, 4) is 0 Å². The van der Waals surface area contributed by atoms with Gasteiger partial charge in [0.2, 0.25) is 5.91 Å². The standard InChI is InChI=1S/C21H29N3O3/c25-19(24-11-4-9-21(10-14-24)16-22-20(26)27-21)15-23-12-7-18(8-13-23)17-5-2-1-3-6-17/h1-3,5-6,18H,4,7-16H2,(H,22,26)/t21-/m0/s1. The van der Waals surface area contributed by atoms with Gasteiger partial charge in [-0.15, -0.1) is 0 Å². The molecule has 6 nitrogen and oxygen atoms in total. The molecular weight excluding hydrogens is 342 g/mol. The number of rotatable bonds is 3. The first-order valence-electron chi connectivity index (χ1n) is 10.2. The van der Waals surface area contributed by atoms with Crippen LogP contribution < -0.4 is 5.32 Å². The van der Waals surface area contributed by atoms with Gasteiger partial charge in [-0.25, -0.2) is 4.79 Å². The molecule has 146 valence electrons. The van der Waals surface area contributed by atoms with E-state index >= 15 is 0 Å². The largest absolute Gasteiger partial charge is 0.441 e. The van der Waals surface area contributed by atoms with Crippen molar-refractivity contribution in [2.24, 2.45) is 0 Å². The van der Waals surface area contributed by atoms with Crippen molar-refractivity contribution in [1.82, 2.24) is 15.1 Å². The quantitative estimate of drug-likeness (QED) is 0.886. The zero-order chi connectivity index (χ0) is 18.7. The van der Waals surface area contributed by atoms with Gasteiger partial charge in [0.15, 0.2) is 0 Å². The van der Waals surface area contributed by atoms with Crippen molar-refractivity contribution in [2.45, 2.75) is 43.6 Å². The van der Waals surface area contributed by atoms with E-state index in [1.807, 2.05) is 4.90 Å². The third-order valence-corrected chi connectivity index (χ3v) is 6.33. The lowest BCUT2D eigenvalue weighted by atomic mass is 9.89. The first-order valence-corrected chi connectivity index (χ1v) is 10.2. The summed E-state index contributed by atoms with van der Waals surface area (Å²) in [6.45, 7) is 4.47. The van der Waals surface area contributed by atoms with E-state index in [-0.39, 0.29) is 12.0 Å². The molecule has 0 radical (unpaired) electrons. The van der Waals surface area contributed by atoms with Crippen molar-refractivity contribution in [2.75, 3.05) is 39.3 Å². The minimum Gasteiger partial charge on any atom is -0.441 e. The molecule has 4 rings (SSSR count). The van der Waals surface area contributed by atoms with E-state index in [0.29, 0.717) is 25.6 Å². The van der Waals surface area contributed by atoms with Gasteiger partial charge in [0.05, 0.1) is 13.1 Å². The fourth-order valence-corrected chi connectivity index (χ4v) is 4.64. The van der Waals surface area contributed by atoms with Gasteiger partial charge < -0.3 is 15.0 Å². The Hall–Kier alpha value is -2.08. The van der Waals surface area contributed by atoms with Crippen LogP contribution in [0.5, 0.6) is 0 Å². The van der Waals surface area contributed by atoms with Crippen LogP contribution in [0.2, 0.25) is 0 Å². The van der Waals surface area contributed by atoms with Crippen LogP contribution in [-0.2, 0) is 9.53 Å². The van der Waals surface area contributed by atoms with Gasteiger partial charge in [0, 0.05) is 19.5 Å². The molecule has 0 bridgehead atoms. The van der Waals surface area contributed by atoms with Crippen LogP contribution in [0.3, 0.4) is 0 Å². The summed E-state index contributed by atoms with van der Waals surface area (Å²) in [4.78, 5) is 28.5. The lowest BCUT2D eigenvalue weighted by molar-refractivity contribution is -0.132. The summed E-state index contributed by atoms with van der Waals surface area (Å²) in [6.07, 6.45) is 4.35. The van der Waals surface area contributed by atoms with E-state index in [1.165, 1.54) is 5.56 Å². The normalized spacial score (nSPS) is 27.3. The maximum Gasteiger partial charge on any atom is 0.407 e. The zero-order valence-electron chi connectivity index (χ0n) is 15.9. The number of benzene rings is 1. The molecule has 1 spiro atoms. The van der Waals surface area contributed by atoms with Crippen molar-refractivity contribution in [3.05, 3.63) is 35.9 Å². The molecule has 1 N–H and O–H groups in total. The van der Waals surface area contributed by atoms with Gasteiger partial charge in [0.1, 0.15) is 5.60 Å². The molecular formula is C21H29N3O3. The van der Waals surface area contributed by atoms with Crippen LogP contribution in [-0.4, -0.2) is 66.7 Å². The number of amides is 2. The molecule has 3 saturated heterocycles. The molecule has 0 aromatic heterocycles. The Morgan fingerprint density at radius 2 is 1.89 bits per heavy atom. The number of carbonyl (C=O) groups excluding carboxylic acids is 2. The third kappa shape index (κ3) is 4.26. The Morgan fingerprint density at radius 1 is 1.11 bits per heavy atom. The second-order valence-corrected chi connectivity index (χ2v) is 8.12. The van der Waals surface area contributed by atoms with Gasteiger partial charge in [-0.3, -0.25) is 9.69 Å². The number of hydrogen-bond donors (Lipinski definition) is 1. The van der Waals surface area contributed by atoms with Gasteiger partial charge in [-0.2, -0.15) is 0 Å². The van der Waals surface area contributed by atoms with Crippen LogP contribution in [0.4, 0.5) is 4.79 Å². The SMILES string of the molecule is O=C1NC[C@@]2(CCCN(C(=O)CN3CCC(c4ccccc4)CC3)CC2)O1. The number of carbonyl (C=O) groups is 2. The van der Waals surface area contributed by atoms with Crippen molar-refractivity contribution >= 4 is 12.0 Å². The Kier molecular flexibility index (Phi) is 5.34. The van der Waals surface area contributed by atoms with Gasteiger partial charge in [0.25, 0.3) is 0 Å². The molecule has 2 amide bonds. The van der Waals surface area contributed by atoms with Gasteiger partial charge in [-0.05, 0) is 50.3 Å². The number of nitrogens with zero attached hydrogens (tertiary/aromatic N) is 2. The van der Waals surface area contributed by atoms with Crippen molar-refractivity contribution in [1.29, 1.82) is 0 Å². The van der Waals surface area contributed by atoms with E-state index in [4.69, 9.17) is 4.74 Å². The highest BCUT2D eigenvalue weighted by Gasteiger charge is 2.41. The predicted octanol–water partition coefficient (Wildman–Crippen LogP) is 2.36. The topological polar surface area (TPSA) is 61.9 Å². The first kappa shape index (κ1) is 18.3. The molecule has 27 heavy (non-hydrogen) atoms. The molecule has 3 aliphatic heterocycles. The molecule has 0 aliphatic carbocycles. The molecule has 1 aromatic carbocycles. The Bertz CT molecular complexity index is 673. The zero-order valence-corrected chi connectivity index (χ0v) is 15.9. The van der Waals surface area contributed by atoms with Crippen molar-refractivity contribution < 1.29 is 14.3 Å². The smallest absolute Gasteiger partial charge is 0.407 e. The second kappa shape index (κ2) is 7.89. The number of hydrogen-bond acceptors (Lipinski definition) is 4. The van der Waals surface area contributed by atoms with Crippen LogP contribution >= 0.6 is 0 Å². The molecule has 1 atom stereocenters. The maximum atomic E-state index is 12.8. The highest BCUT2D eigenvalue weighted by atomic mass is 16.6. The van der Waals surface area contributed by atoms with Crippen LogP contribution in [0.25, 0.3) is 0 Å². The molecule has 0 unspecified atom stereocenters. The highest BCUT2D eigenvalue weighted by Crippen LogP contribution is 2.30. The van der Waals surface area contributed by atoms with Crippen molar-refractivity contribution in [3.63, 3.8) is 0 Å². The van der Waals surface area contributed by atoms with E-state index in [1.54, 1.807) is 0 Å². The number of ether oxygens (including phenoxy) is 1. The summed E-state index contributed by atoms with van der Waals surface area (Å²) in [5.41, 5.74) is 1.01. The average molecular weight is 371 g/mol. The van der Waals surface area contributed by atoms with E-state index < -0.39 is 5.60 Å². The minimum absolute atomic E-state index is 0.211. The van der Waals surface area contributed by atoms with E-state index in [9.17, 15) is 9.59 Å². The highest BCUT2D eigenvalue weighted by molar-refractivity contribution is 5.78. The summed E-state index contributed by atoms with van der Waals surface area (Å²) >= 11 is 0. The fourth-order valence-electron chi connectivity index (χ4n) is 4.64. The van der Waals surface area contributed by atoms with Crippen LogP contribution in [0, 0.1) is 0 Å². The van der Waals surface area contributed by atoms with Crippen LogP contribution in [0.1, 0.15) is 43.6 Å². The maximum absolute atomic E-state index is 12.8. The molecule has 3 aliphatic rings. The lowest BCUT2D eigenvalue weighted by Crippen LogP contribution is -2.44. The summed E-state index contributed by atoms with van der Waals surface area (Å²) < 4.78 is 5.50. The molecule has 3 heterocycles. The minimum atomic E-state index is -0.403. The molecule has 0 saturated carbocycles. The first-order chi connectivity index (χ1) is 13.1. The summed E-state index contributed by atoms with van der Waals surface area (Å²) in [5, 5.41) is 2.76. The number of likely N-dealkylation sites (tertiary alicyclic amines) is 2. The number of piperidine rings is 1. The Balaban J connectivity index is 1.25. The van der Waals surface area contributed by atoms with Gasteiger partial charge in [-0.1, -0.05) is 30.3 Å². The van der Waals surface area contributed by atoms with E-state index in [2.05, 4.69) is 40.5 Å².